The van der Waals surface area contributed by atoms with E-state index in [0.717, 1.165) is 19.3 Å². The summed E-state index contributed by atoms with van der Waals surface area (Å²) in [6, 6.07) is 8.41. The normalized spacial score (nSPS) is 19.5. The molecule has 0 bridgehead atoms. The highest BCUT2D eigenvalue weighted by Gasteiger charge is 2.30. The number of carboxylic acid groups (broad SMARTS) is 1. The average Bonchev–Trinajstić information content (AvgIpc) is 2.61. The second kappa shape index (κ2) is 7.62. The molecule has 23 heavy (non-hydrogen) atoms. The smallest absolute Gasteiger partial charge is 0.303 e. The van der Waals surface area contributed by atoms with Gasteiger partial charge >= 0.3 is 5.97 Å². The Kier molecular flexibility index (Phi) is 5.80. The molecule has 0 radical (unpaired) electrons. The molecule has 4 heteroatoms. The highest BCUT2D eigenvalue weighted by atomic mass is 16.4. The Balaban J connectivity index is 1.99. The highest BCUT2D eigenvalue weighted by molar-refractivity contribution is 5.76. The van der Waals surface area contributed by atoms with E-state index < -0.39 is 5.97 Å². The van der Waals surface area contributed by atoms with E-state index in [1.807, 2.05) is 6.07 Å². The molecule has 126 valence electrons. The van der Waals surface area contributed by atoms with Gasteiger partial charge in [0, 0.05) is 12.8 Å². The molecule has 1 unspecified atom stereocenters. The van der Waals surface area contributed by atoms with Crippen LogP contribution >= 0.6 is 0 Å². The second-order valence-corrected chi connectivity index (χ2v) is 7.29. The number of carbonyl (C=O) groups excluding carboxylic acids is 1. The number of aryl methyl sites for hydroxylation is 1. The minimum absolute atomic E-state index is 0.0212. The first kappa shape index (κ1) is 17.5. The van der Waals surface area contributed by atoms with E-state index in [1.165, 1.54) is 11.1 Å². The van der Waals surface area contributed by atoms with Crippen LogP contribution in [0.15, 0.2) is 24.3 Å². The average molecular weight is 317 g/mol. The molecule has 0 fully saturated rings. The van der Waals surface area contributed by atoms with Crippen molar-refractivity contribution in [3.05, 3.63) is 35.4 Å². The van der Waals surface area contributed by atoms with Crippen LogP contribution in [0.3, 0.4) is 0 Å². The summed E-state index contributed by atoms with van der Waals surface area (Å²) in [4.78, 5) is 22.7. The van der Waals surface area contributed by atoms with Crippen molar-refractivity contribution < 1.29 is 14.7 Å². The largest absolute Gasteiger partial charge is 0.481 e. The number of unbranched alkanes of at least 4 members (excludes halogenated alkanes) is 1. The highest BCUT2D eigenvalue weighted by Crippen LogP contribution is 2.39. The molecule has 2 N–H and O–H groups in total. The van der Waals surface area contributed by atoms with Gasteiger partial charge in [0.2, 0.25) is 5.91 Å². The van der Waals surface area contributed by atoms with Gasteiger partial charge in [-0.1, -0.05) is 38.1 Å². The maximum absolute atomic E-state index is 12.2. The molecule has 2 rings (SSSR count). The number of carboxylic acids is 1. The summed E-state index contributed by atoms with van der Waals surface area (Å²) in [7, 11) is 0. The van der Waals surface area contributed by atoms with E-state index in [9.17, 15) is 9.59 Å². The third kappa shape index (κ3) is 5.38. The van der Waals surface area contributed by atoms with E-state index in [0.29, 0.717) is 19.3 Å². The molecule has 1 aliphatic rings. The molecule has 4 nitrogen and oxygen atoms in total. The molecule has 1 aromatic carbocycles. The van der Waals surface area contributed by atoms with Crippen LogP contribution in [0, 0.1) is 5.41 Å². The van der Waals surface area contributed by atoms with Gasteiger partial charge in [0.25, 0.3) is 0 Å². The fraction of sp³-hybridized carbons (Fsp3) is 0.579. The maximum atomic E-state index is 12.2. The van der Waals surface area contributed by atoms with Crippen molar-refractivity contribution in [2.45, 2.75) is 64.8 Å². The van der Waals surface area contributed by atoms with Gasteiger partial charge in [0.05, 0.1) is 6.04 Å². The van der Waals surface area contributed by atoms with Crippen molar-refractivity contribution in [3.8, 4) is 0 Å². The zero-order valence-electron chi connectivity index (χ0n) is 14.1. The van der Waals surface area contributed by atoms with Gasteiger partial charge in [0.1, 0.15) is 0 Å². The number of rotatable bonds is 6. The lowest BCUT2D eigenvalue weighted by Crippen LogP contribution is -2.31. The van der Waals surface area contributed by atoms with Gasteiger partial charge in [-0.25, -0.2) is 0 Å². The van der Waals surface area contributed by atoms with Crippen LogP contribution in [0.25, 0.3) is 0 Å². The molecule has 1 amide bonds. The zero-order chi connectivity index (χ0) is 16.9. The lowest BCUT2D eigenvalue weighted by atomic mass is 9.83. The topological polar surface area (TPSA) is 66.4 Å². The minimum atomic E-state index is -0.801. The zero-order valence-corrected chi connectivity index (χ0v) is 14.1. The number of benzene rings is 1. The Morgan fingerprint density at radius 2 is 1.91 bits per heavy atom. The number of hydrogen-bond donors (Lipinski definition) is 2. The Hall–Kier alpha value is -1.84. The summed E-state index contributed by atoms with van der Waals surface area (Å²) in [5.74, 6) is -0.780. The Bertz CT molecular complexity index is 565. The molecule has 1 aliphatic carbocycles. The second-order valence-electron chi connectivity index (χ2n) is 7.29. The number of hydrogen-bond acceptors (Lipinski definition) is 2. The Morgan fingerprint density at radius 1 is 1.22 bits per heavy atom. The van der Waals surface area contributed by atoms with Crippen LogP contribution in [0.4, 0.5) is 0 Å². The SMILES string of the molecule is CC1(C)CCc2ccccc2C(NC(=O)CCCCC(=O)O)C1. The van der Waals surface area contributed by atoms with Gasteiger partial charge in [-0.3, -0.25) is 9.59 Å². The van der Waals surface area contributed by atoms with Crippen LogP contribution < -0.4 is 5.32 Å². The molecule has 0 aromatic heterocycles. The van der Waals surface area contributed by atoms with Gasteiger partial charge < -0.3 is 10.4 Å². The standard InChI is InChI=1S/C19H27NO3/c1-19(2)12-11-14-7-3-4-8-15(14)16(13-19)20-17(21)9-5-6-10-18(22)23/h3-4,7-8,16H,5-6,9-13H2,1-2H3,(H,20,21)(H,22,23). The van der Waals surface area contributed by atoms with E-state index in [2.05, 4.69) is 37.4 Å². The van der Waals surface area contributed by atoms with Crippen molar-refractivity contribution in [1.82, 2.24) is 5.32 Å². The molecule has 0 saturated carbocycles. The Labute approximate surface area is 138 Å². The van der Waals surface area contributed by atoms with Crippen molar-refractivity contribution in [2.75, 3.05) is 0 Å². The van der Waals surface area contributed by atoms with Gasteiger partial charge in [-0.15, -0.1) is 0 Å². The van der Waals surface area contributed by atoms with E-state index in [4.69, 9.17) is 5.11 Å². The lowest BCUT2D eigenvalue weighted by Gasteiger charge is -2.27. The molecule has 1 atom stereocenters. The van der Waals surface area contributed by atoms with Gasteiger partial charge in [-0.2, -0.15) is 0 Å². The summed E-state index contributed by atoms with van der Waals surface area (Å²) < 4.78 is 0. The number of amides is 1. The molecular formula is C19H27NO3. The summed E-state index contributed by atoms with van der Waals surface area (Å²) in [6.45, 7) is 4.51. The quantitative estimate of drug-likeness (QED) is 0.618. The molecular weight excluding hydrogens is 290 g/mol. The number of aliphatic carboxylic acids is 1. The first-order valence-electron chi connectivity index (χ1n) is 8.46. The van der Waals surface area contributed by atoms with Crippen molar-refractivity contribution >= 4 is 11.9 Å². The monoisotopic (exact) mass is 317 g/mol. The summed E-state index contributed by atoms with van der Waals surface area (Å²) in [5.41, 5.74) is 2.76. The summed E-state index contributed by atoms with van der Waals surface area (Å²) in [6.07, 6.45) is 4.80. The molecule has 0 aliphatic heterocycles. The minimum Gasteiger partial charge on any atom is -0.481 e. The summed E-state index contributed by atoms with van der Waals surface area (Å²) in [5, 5.41) is 11.8. The molecule has 0 heterocycles. The lowest BCUT2D eigenvalue weighted by molar-refractivity contribution is -0.137. The number of fused-ring (bicyclic) bond motifs is 1. The van der Waals surface area contributed by atoms with E-state index >= 15 is 0 Å². The fourth-order valence-electron chi connectivity index (χ4n) is 3.30. The third-order valence-electron chi connectivity index (χ3n) is 4.64. The molecule has 0 spiro atoms. The fourth-order valence-corrected chi connectivity index (χ4v) is 3.30. The predicted molar refractivity (Wildman–Crippen MR) is 90.1 cm³/mol. The third-order valence-corrected chi connectivity index (χ3v) is 4.64. The van der Waals surface area contributed by atoms with Crippen LogP contribution in [0.1, 0.15) is 69.5 Å². The van der Waals surface area contributed by atoms with E-state index in [-0.39, 0.29) is 23.8 Å². The van der Waals surface area contributed by atoms with Crippen LogP contribution in [-0.2, 0) is 16.0 Å². The first-order valence-corrected chi connectivity index (χ1v) is 8.46. The number of nitrogens with one attached hydrogen (secondary N) is 1. The van der Waals surface area contributed by atoms with Crippen LogP contribution in [-0.4, -0.2) is 17.0 Å². The Morgan fingerprint density at radius 3 is 2.65 bits per heavy atom. The predicted octanol–water partition coefficient (Wildman–Crippen LogP) is 3.85. The van der Waals surface area contributed by atoms with E-state index in [1.54, 1.807) is 0 Å². The molecule has 0 saturated heterocycles. The van der Waals surface area contributed by atoms with Crippen molar-refractivity contribution in [3.63, 3.8) is 0 Å². The van der Waals surface area contributed by atoms with Crippen molar-refractivity contribution in [2.24, 2.45) is 5.41 Å². The van der Waals surface area contributed by atoms with Crippen LogP contribution in [0.2, 0.25) is 0 Å². The van der Waals surface area contributed by atoms with Crippen molar-refractivity contribution in [1.29, 1.82) is 0 Å². The van der Waals surface area contributed by atoms with Gasteiger partial charge in [0.15, 0.2) is 0 Å². The number of carbonyl (C=O) groups is 2. The van der Waals surface area contributed by atoms with Crippen LogP contribution in [0.5, 0.6) is 0 Å². The first-order chi connectivity index (χ1) is 10.9. The maximum Gasteiger partial charge on any atom is 0.303 e. The summed E-state index contributed by atoms with van der Waals surface area (Å²) >= 11 is 0. The van der Waals surface area contributed by atoms with Gasteiger partial charge in [-0.05, 0) is 48.6 Å². The molecule has 1 aromatic rings.